The van der Waals surface area contributed by atoms with Gasteiger partial charge in [-0.05, 0) is 39.5 Å². The summed E-state index contributed by atoms with van der Waals surface area (Å²) in [6.07, 6.45) is 0.994. The van der Waals surface area contributed by atoms with E-state index in [0.29, 0.717) is 6.61 Å². The van der Waals surface area contributed by atoms with Crippen LogP contribution in [0.15, 0.2) is 24.4 Å². The predicted molar refractivity (Wildman–Crippen MR) is 81.1 cm³/mol. The molecule has 1 unspecified atom stereocenters. The van der Waals surface area contributed by atoms with Gasteiger partial charge < -0.3 is 8.85 Å². The molecule has 0 spiro atoms. The van der Waals surface area contributed by atoms with E-state index in [2.05, 4.69) is 46.3 Å². The summed E-state index contributed by atoms with van der Waals surface area (Å²) in [5, 5.41) is 0. The summed E-state index contributed by atoms with van der Waals surface area (Å²) in [6, 6.07) is 0. The molecule has 0 aliphatic carbocycles. The molecule has 0 rings (SSSR count). The fraction of sp³-hybridized carbons (Fsp3) is 0.692. The van der Waals surface area contributed by atoms with Gasteiger partial charge in [0.15, 0.2) is 8.32 Å². The van der Waals surface area contributed by atoms with Gasteiger partial charge in [0.05, 0.1) is 12.3 Å². The van der Waals surface area contributed by atoms with Gasteiger partial charge in [-0.15, -0.1) is 6.58 Å². The van der Waals surface area contributed by atoms with Crippen LogP contribution in [0.25, 0.3) is 0 Å². The summed E-state index contributed by atoms with van der Waals surface area (Å²) >= 11 is 0. The van der Waals surface area contributed by atoms with Gasteiger partial charge in [0.2, 0.25) is 8.32 Å². The fourth-order valence-electron chi connectivity index (χ4n) is 1.84. The molecule has 1 atom stereocenters. The minimum Gasteiger partial charge on any atom is -0.451 e. The van der Waals surface area contributed by atoms with Crippen LogP contribution in [0.3, 0.4) is 0 Å². The zero-order valence-corrected chi connectivity index (χ0v) is 14.3. The summed E-state index contributed by atoms with van der Waals surface area (Å²) in [7, 11) is -3.55. The Morgan fingerprint density at radius 3 is 2.18 bits per heavy atom. The average molecular weight is 273 g/mol. The van der Waals surface area contributed by atoms with Gasteiger partial charge >= 0.3 is 0 Å². The van der Waals surface area contributed by atoms with Crippen LogP contribution in [0.5, 0.6) is 0 Å². The summed E-state index contributed by atoms with van der Waals surface area (Å²) in [4.78, 5) is 0. The highest BCUT2D eigenvalue weighted by Crippen LogP contribution is 2.22. The van der Waals surface area contributed by atoms with E-state index in [-0.39, 0.29) is 5.73 Å². The third-order valence-electron chi connectivity index (χ3n) is 2.69. The Morgan fingerprint density at radius 1 is 1.29 bits per heavy atom. The van der Waals surface area contributed by atoms with Crippen LogP contribution >= 0.6 is 0 Å². The molecule has 0 radical (unpaired) electrons. The first-order chi connectivity index (χ1) is 7.64. The molecule has 2 nitrogen and oxygen atoms in total. The average Bonchev–Trinajstić information content (AvgIpc) is 2.16. The van der Waals surface area contributed by atoms with Gasteiger partial charge in [-0.25, -0.2) is 0 Å². The van der Waals surface area contributed by atoms with Crippen LogP contribution in [-0.2, 0) is 8.85 Å². The zero-order chi connectivity index (χ0) is 13.7. The Morgan fingerprint density at radius 2 is 1.82 bits per heavy atom. The quantitative estimate of drug-likeness (QED) is 0.490. The molecule has 0 saturated carbocycles. The van der Waals surface area contributed by atoms with Crippen molar-refractivity contribution in [1.82, 2.24) is 0 Å². The number of rotatable bonds is 8. The molecule has 0 fully saturated rings. The van der Waals surface area contributed by atoms with E-state index < -0.39 is 16.6 Å². The molecule has 100 valence electrons. The highest BCUT2D eigenvalue weighted by atomic mass is 28.4. The minimum absolute atomic E-state index is 0.228. The molecule has 0 aliphatic rings. The lowest BCUT2D eigenvalue weighted by atomic mass is 10.4. The van der Waals surface area contributed by atoms with Crippen molar-refractivity contribution in [2.24, 2.45) is 0 Å². The Bertz CT molecular complexity index is 273. The third-order valence-corrected chi connectivity index (χ3v) is 10.0. The van der Waals surface area contributed by atoms with Crippen LogP contribution in [-0.4, -0.2) is 29.0 Å². The van der Waals surface area contributed by atoms with E-state index in [4.69, 9.17) is 8.85 Å². The summed E-state index contributed by atoms with van der Waals surface area (Å²) in [5.41, 5.74) is 3.28. The molecule has 0 aromatic rings. The van der Waals surface area contributed by atoms with Crippen LogP contribution in [0.2, 0.25) is 26.2 Å². The molecule has 0 saturated heterocycles. The maximum atomic E-state index is 6.36. The first-order valence-electron chi connectivity index (χ1n) is 6.24. The Hall–Kier alpha value is -0.166. The maximum absolute atomic E-state index is 6.36. The van der Waals surface area contributed by atoms with Gasteiger partial charge in [0.25, 0.3) is 0 Å². The lowest BCUT2D eigenvalue weighted by Crippen LogP contribution is -2.52. The Kier molecular flexibility index (Phi) is 6.62. The van der Waals surface area contributed by atoms with Crippen LogP contribution in [0.4, 0.5) is 0 Å². The SMILES string of the molecule is C=C[Si](C)(C)O[Si](C)(C)C(CC)OCC(=C)C. The third kappa shape index (κ3) is 6.36. The van der Waals surface area contributed by atoms with E-state index in [1.165, 1.54) is 0 Å². The van der Waals surface area contributed by atoms with Gasteiger partial charge in [0.1, 0.15) is 0 Å². The van der Waals surface area contributed by atoms with Gasteiger partial charge in [-0.2, -0.15) is 0 Å². The molecule has 0 amide bonds. The first-order valence-corrected chi connectivity index (χ1v) is 12.2. The van der Waals surface area contributed by atoms with Gasteiger partial charge in [0, 0.05) is 0 Å². The monoisotopic (exact) mass is 272 g/mol. The number of ether oxygens (including phenoxy) is 1. The Balaban J connectivity index is 4.62. The molecule has 17 heavy (non-hydrogen) atoms. The van der Waals surface area contributed by atoms with Crippen molar-refractivity contribution in [1.29, 1.82) is 0 Å². The van der Waals surface area contributed by atoms with Crippen LogP contribution < -0.4 is 0 Å². The van der Waals surface area contributed by atoms with Crippen molar-refractivity contribution in [2.75, 3.05) is 6.61 Å². The fourth-order valence-corrected chi connectivity index (χ4v) is 9.59. The van der Waals surface area contributed by atoms with Crippen molar-refractivity contribution in [3.63, 3.8) is 0 Å². The van der Waals surface area contributed by atoms with E-state index >= 15 is 0 Å². The lowest BCUT2D eigenvalue weighted by molar-refractivity contribution is 0.106. The normalized spacial score (nSPS) is 14.5. The molecular formula is C13H28O2Si2. The highest BCUT2D eigenvalue weighted by Gasteiger charge is 2.38. The second-order valence-electron chi connectivity index (χ2n) is 5.68. The van der Waals surface area contributed by atoms with Gasteiger partial charge in [-0.1, -0.05) is 24.8 Å². The van der Waals surface area contributed by atoms with Crippen LogP contribution in [0, 0.1) is 0 Å². The molecule has 4 heteroatoms. The van der Waals surface area contributed by atoms with E-state index in [0.717, 1.165) is 12.0 Å². The lowest BCUT2D eigenvalue weighted by Gasteiger charge is -2.37. The smallest absolute Gasteiger partial charge is 0.202 e. The summed E-state index contributed by atoms with van der Waals surface area (Å²) < 4.78 is 12.3. The van der Waals surface area contributed by atoms with E-state index in [1.54, 1.807) is 0 Å². The molecular weight excluding hydrogens is 244 g/mol. The van der Waals surface area contributed by atoms with Crippen molar-refractivity contribution < 1.29 is 8.85 Å². The topological polar surface area (TPSA) is 18.5 Å². The highest BCUT2D eigenvalue weighted by molar-refractivity contribution is 6.87. The molecule has 0 heterocycles. The Labute approximate surface area is 109 Å². The van der Waals surface area contributed by atoms with Crippen LogP contribution in [0.1, 0.15) is 20.3 Å². The molecule has 0 aromatic heterocycles. The second-order valence-corrected chi connectivity index (χ2v) is 14.0. The molecule has 0 bridgehead atoms. The van der Waals surface area contributed by atoms with E-state index in [1.807, 2.05) is 12.6 Å². The number of hydrogen-bond donors (Lipinski definition) is 0. The van der Waals surface area contributed by atoms with Gasteiger partial charge in [-0.3, -0.25) is 0 Å². The van der Waals surface area contributed by atoms with Crippen molar-refractivity contribution in [3.8, 4) is 0 Å². The minimum atomic E-state index is -1.83. The molecule has 0 aromatic carbocycles. The molecule has 0 N–H and O–H groups in total. The largest absolute Gasteiger partial charge is 0.451 e. The summed E-state index contributed by atoms with van der Waals surface area (Å²) in [6.45, 7) is 21.4. The first kappa shape index (κ1) is 16.8. The summed E-state index contributed by atoms with van der Waals surface area (Å²) in [5.74, 6) is 0. The van der Waals surface area contributed by atoms with Crippen molar-refractivity contribution in [3.05, 3.63) is 24.4 Å². The predicted octanol–water partition coefficient (Wildman–Crippen LogP) is 4.05. The standard InChI is InChI=1S/C13H28O2Si2/c1-9-13(14-11-12(3)4)17(7,8)15-16(5,6)10-2/h10,13H,2-3,9,11H2,1,4-8H3. The van der Waals surface area contributed by atoms with E-state index in [9.17, 15) is 0 Å². The number of hydrogen-bond acceptors (Lipinski definition) is 2. The second kappa shape index (κ2) is 6.68. The van der Waals surface area contributed by atoms with Crippen molar-refractivity contribution >= 4 is 16.6 Å². The maximum Gasteiger partial charge on any atom is 0.202 e. The molecule has 0 aliphatic heterocycles. The van der Waals surface area contributed by atoms with Crippen molar-refractivity contribution in [2.45, 2.75) is 52.2 Å². The zero-order valence-electron chi connectivity index (χ0n) is 12.3.